The van der Waals surface area contributed by atoms with Gasteiger partial charge in [0, 0.05) is 5.56 Å². The van der Waals surface area contributed by atoms with Crippen LogP contribution in [0.5, 0.6) is 11.5 Å². The SMILES string of the molecule is CCc1cccc(Oc2ccc(C(=N)N)c(C)c2)c1. The van der Waals surface area contributed by atoms with E-state index in [1.54, 1.807) is 0 Å². The van der Waals surface area contributed by atoms with Gasteiger partial charge in [-0.15, -0.1) is 0 Å². The molecule has 0 heterocycles. The summed E-state index contributed by atoms with van der Waals surface area (Å²) in [5.74, 6) is 1.67. The molecular formula is C16H18N2O. The summed E-state index contributed by atoms with van der Waals surface area (Å²) in [6.45, 7) is 4.04. The lowest BCUT2D eigenvalue weighted by Gasteiger charge is -2.10. The van der Waals surface area contributed by atoms with Crippen LogP contribution in [0.2, 0.25) is 0 Å². The van der Waals surface area contributed by atoms with E-state index in [-0.39, 0.29) is 5.84 Å². The third-order valence-corrected chi connectivity index (χ3v) is 3.03. The Labute approximate surface area is 113 Å². The van der Waals surface area contributed by atoms with E-state index in [1.807, 2.05) is 43.3 Å². The first-order valence-corrected chi connectivity index (χ1v) is 6.32. The molecule has 0 aromatic heterocycles. The van der Waals surface area contributed by atoms with Crippen LogP contribution >= 0.6 is 0 Å². The van der Waals surface area contributed by atoms with Crippen molar-refractivity contribution in [1.29, 1.82) is 5.41 Å². The Morgan fingerprint density at radius 1 is 1.16 bits per heavy atom. The fourth-order valence-corrected chi connectivity index (χ4v) is 1.97. The average molecular weight is 254 g/mol. The predicted molar refractivity (Wildman–Crippen MR) is 78.1 cm³/mol. The highest BCUT2D eigenvalue weighted by Crippen LogP contribution is 2.24. The van der Waals surface area contributed by atoms with Crippen LogP contribution in [-0.2, 0) is 6.42 Å². The highest BCUT2D eigenvalue weighted by Gasteiger charge is 2.04. The molecule has 0 atom stereocenters. The van der Waals surface area contributed by atoms with Gasteiger partial charge in [-0.1, -0.05) is 19.1 Å². The van der Waals surface area contributed by atoms with Crippen molar-refractivity contribution in [2.75, 3.05) is 0 Å². The summed E-state index contributed by atoms with van der Waals surface area (Å²) in [5.41, 5.74) is 8.43. The fraction of sp³-hybridized carbons (Fsp3) is 0.188. The molecule has 2 aromatic carbocycles. The Bertz CT molecular complexity index is 605. The minimum atomic E-state index is 0.0806. The van der Waals surface area contributed by atoms with Crippen molar-refractivity contribution in [3.8, 4) is 11.5 Å². The van der Waals surface area contributed by atoms with E-state index in [2.05, 4.69) is 13.0 Å². The van der Waals surface area contributed by atoms with Crippen LogP contribution < -0.4 is 10.5 Å². The second-order valence-corrected chi connectivity index (χ2v) is 4.49. The van der Waals surface area contributed by atoms with Gasteiger partial charge < -0.3 is 10.5 Å². The number of rotatable bonds is 4. The lowest BCUT2D eigenvalue weighted by Crippen LogP contribution is -2.12. The van der Waals surface area contributed by atoms with Gasteiger partial charge in [-0.25, -0.2) is 0 Å². The van der Waals surface area contributed by atoms with Gasteiger partial charge in [0.15, 0.2) is 0 Å². The maximum absolute atomic E-state index is 7.46. The molecule has 3 nitrogen and oxygen atoms in total. The van der Waals surface area contributed by atoms with Gasteiger partial charge in [-0.2, -0.15) is 0 Å². The topological polar surface area (TPSA) is 59.1 Å². The maximum atomic E-state index is 7.46. The van der Waals surface area contributed by atoms with E-state index in [9.17, 15) is 0 Å². The Morgan fingerprint density at radius 2 is 1.89 bits per heavy atom. The molecule has 98 valence electrons. The zero-order chi connectivity index (χ0) is 13.8. The van der Waals surface area contributed by atoms with Crippen LogP contribution in [0.3, 0.4) is 0 Å². The van der Waals surface area contributed by atoms with Crippen molar-refractivity contribution < 1.29 is 4.74 Å². The number of ether oxygens (including phenoxy) is 1. The largest absolute Gasteiger partial charge is 0.457 e. The lowest BCUT2D eigenvalue weighted by molar-refractivity contribution is 0.481. The minimum Gasteiger partial charge on any atom is -0.457 e. The molecule has 0 aliphatic heterocycles. The monoisotopic (exact) mass is 254 g/mol. The number of nitrogen functional groups attached to an aromatic ring is 1. The number of amidine groups is 1. The molecular weight excluding hydrogens is 236 g/mol. The first-order valence-electron chi connectivity index (χ1n) is 6.32. The molecule has 3 heteroatoms. The number of hydrogen-bond donors (Lipinski definition) is 2. The molecule has 0 fully saturated rings. The number of benzene rings is 2. The van der Waals surface area contributed by atoms with E-state index in [1.165, 1.54) is 5.56 Å². The Hall–Kier alpha value is -2.29. The van der Waals surface area contributed by atoms with E-state index < -0.39 is 0 Å². The summed E-state index contributed by atoms with van der Waals surface area (Å²) in [7, 11) is 0. The summed E-state index contributed by atoms with van der Waals surface area (Å²) >= 11 is 0. The van der Waals surface area contributed by atoms with Crippen molar-refractivity contribution >= 4 is 5.84 Å². The van der Waals surface area contributed by atoms with Crippen LogP contribution in [0, 0.1) is 12.3 Å². The van der Waals surface area contributed by atoms with Crippen LogP contribution in [0.15, 0.2) is 42.5 Å². The summed E-state index contributed by atoms with van der Waals surface area (Å²) in [4.78, 5) is 0. The second kappa shape index (κ2) is 5.57. The summed E-state index contributed by atoms with van der Waals surface area (Å²) in [5, 5.41) is 7.46. The second-order valence-electron chi connectivity index (χ2n) is 4.49. The molecule has 2 rings (SSSR count). The van der Waals surface area contributed by atoms with Gasteiger partial charge >= 0.3 is 0 Å². The molecule has 2 aromatic rings. The van der Waals surface area contributed by atoms with Gasteiger partial charge in [0.2, 0.25) is 0 Å². The Kier molecular flexibility index (Phi) is 3.85. The number of nitrogens with two attached hydrogens (primary N) is 1. The molecule has 0 amide bonds. The highest BCUT2D eigenvalue weighted by atomic mass is 16.5. The van der Waals surface area contributed by atoms with E-state index >= 15 is 0 Å². The maximum Gasteiger partial charge on any atom is 0.127 e. The Morgan fingerprint density at radius 3 is 2.53 bits per heavy atom. The molecule has 3 N–H and O–H groups in total. The quantitative estimate of drug-likeness (QED) is 0.646. The van der Waals surface area contributed by atoms with E-state index in [0.717, 1.165) is 29.0 Å². The Balaban J connectivity index is 2.23. The molecule has 19 heavy (non-hydrogen) atoms. The van der Waals surface area contributed by atoms with Crippen LogP contribution in [0.4, 0.5) is 0 Å². The lowest BCUT2D eigenvalue weighted by atomic mass is 10.1. The summed E-state index contributed by atoms with van der Waals surface area (Å²) in [6.07, 6.45) is 0.986. The molecule has 0 radical (unpaired) electrons. The van der Waals surface area contributed by atoms with E-state index in [4.69, 9.17) is 15.9 Å². The zero-order valence-corrected chi connectivity index (χ0v) is 11.2. The van der Waals surface area contributed by atoms with Crippen molar-refractivity contribution in [2.45, 2.75) is 20.3 Å². The van der Waals surface area contributed by atoms with Crippen LogP contribution in [-0.4, -0.2) is 5.84 Å². The molecule has 0 spiro atoms. The minimum absolute atomic E-state index is 0.0806. The van der Waals surface area contributed by atoms with Crippen molar-refractivity contribution in [3.05, 3.63) is 59.2 Å². The number of nitrogens with one attached hydrogen (secondary N) is 1. The molecule has 0 bridgehead atoms. The standard InChI is InChI=1S/C16H18N2O/c1-3-12-5-4-6-13(10-12)19-14-7-8-15(16(17)18)11(2)9-14/h4-10H,3H2,1-2H3,(H3,17,18). The molecule has 0 unspecified atom stereocenters. The van der Waals surface area contributed by atoms with Gasteiger partial charge in [-0.05, 0) is 54.8 Å². The molecule has 0 aliphatic rings. The van der Waals surface area contributed by atoms with Crippen molar-refractivity contribution in [2.24, 2.45) is 5.73 Å². The average Bonchev–Trinajstić information content (AvgIpc) is 2.38. The van der Waals surface area contributed by atoms with Crippen LogP contribution in [0.25, 0.3) is 0 Å². The van der Waals surface area contributed by atoms with Crippen molar-refractivity contribution in [3.63, 3.8) is 0 Å². The number of aryl methyl sites for hydroxylation is 2. The van der Waals surface area contributed by atoms with Gasteiger partial charge in [-0.3, -0.25) is 5.41 Å². The summed E-state index contributed by atoms with van der Waals surface area (Å²) < 4.78 is 5.83. The first kappa shape index (κ1) is 13.1. The fourth-order valence-electron chi connectivity index (χ4n) is 1.97. The number of hydrogen-bond acceptors (Lipinski definition) is 2. The molecule has 0 aliphatic carbocycles. The highest BCUT2D eigenvalue weighted by molar-refractivity contribution is 5.96. The third-order valence-electron chi connectivity index (χ3n) is 3.03. The predicted octanol–water partition coefficient (Wildman–Crippen LogP) is 3.63. The third kappa shape index (κ3) is 3.13. The molecule has 0 saturated carbocycles. The van der Waals surface area contributed by atoms with Gasteiger partial charge in [0.05, 0.1) is 0 Å². The van der Waals surface area contributed by atoms with Crippen molar-refractivity contribution in [1.82, 2.24) is 0 Å². The zero-order valence-electron chi connectivity index (χ0n) is 11.2. The van der Waals surface area contributed by atoms with Crippen LogP contribution in [0.1, 0.15) is 23.6 Å². The smallest absolute Gasteiger partial charge is 0.127 e. The normalized spacial score (nSPS) is 10.2. The molecule has 0 saturated heterocycles. The first-order chi connectivity index (χ1) is 9.10. The van der Waals surface area contributed by atoms with E-state index in [0.29, 0.717) is 0 Å². The summed E-state index contributed by atoms with van der Waals surface area (Å²) in [6, 6.07) is 13.6. The van der Waals surface area contributed by atoms with Gasteiger partial charge in [0.1, 0.15) is 17.3 Å². The van der Waals surface area contributed by atoms with Gasteiger partial charge in [0.25, 0.3) is 0 Å².